The van der Waals surface area contributed by atoms with E-state index in [1.807, 2.05) is 6.07 Å². The third-order valence-corrected chi connectivity index (χ3v) is 2.76. The van der Waals surface area contributed by atoms with Crippen molar-refractivity contribution in [2.45, 2.75) is 6.54 Å². The summed E-state index contributed by atoms with van der Waals surface area (Å²) < 4.78 is 0. The molecule has 19 heavy (non-hydrogen) atoms. The first-order chi connectivity index (χ1) is 9.10. The summed E-state index contributed by atoms with van der Waals surface area (Å²) in [6.07, 6.45) is 1.58. The van der Waals surface area contributed by atoms with Crippen LogP contribution < -0.4 is 5.73 Å². The van der Waals surface area contributed by atoms with E-state index < -0.39 is 0 Å². The summed E-state index contributed by atoms with van der Waals surface area (Å²) in [5.74, 6) is -0.140. The number of carbonyl (C=O) groups excluding carboxylic acids is 1. The SMILES string of the molecule is CN(Cc1cccc(C#N)c1)C(=O)c1cc(N)c[nH]1. The van der Waals surface area contributed by atoms with Gasteiger partial charge in [0, 0.05) is 25.5 Å². The molecule has 2 aromatic rings. The molecule has 0 bridgehead atoms. The molecule has 1 heterocycles. The molecular weight excluding hydrogens is 240 g/mol. The maximum atomic E-state index is 12.1. The van der Waals surface area contributed by atoms with Crippen LogP contribution in [0.15, 0.2) is 36.5 Å². The molecule has 96 valence electrons. The number of nitrogens with two attached hydrogens (primary N) is 1. The maximum absolute atomic E-state index is 12.1. The van der Waals surface area contributed by atoms with Crippen molar-refractivity contribution in [1.82, 2.24) is 9.88 Å². The molecule has 1 aromatic carbocycles. The number of hydrogen-bond acceptors (Lipinski definition) is 3. The largest absolute Gasteiger partial charge is 0.397 e. The van der Waals surface area contributed by atoms with Gasteiger partial charge in [0.05, 0.1) is 11.6 Å². The molecule has 0 aliphatic heterocycles. The Morgan fingerprint density at radius 2 is 2.26 bits per heavy atom. The van der Waals surface area contributed by atoms with Crippen LogP contribution in [-0.4, -0.2) is 22.8 Å². The molecule has 0 fully saturated rings. The standard InChI is InChI=1S/C14H14N4O/c1-18(14(19)13-6-12(16)8-17-13)9-11-4-2-3-10(5-11)7-15/h2-6,8,17H,9,16H2,1H3. The highest BCUT2D eigenvalue weighted by Gasteiger charge is 2.13. The smallest absolute Gasteiger partial charge is 0.270 e. The Morgan fingerprint density at radius 1 is 1.47 bits per heavy atom. The minimum atomic E-state index is -0.140. The van der Waals surface area contributed by atoms with Crippen LogP contribution in [0.5, 0.6) is 0 Å². The summed E-state index contributed by atoms with van der Waals surface area (Å²) in [5, 5.41) is 8.84. The third kappa shape index (κ3) is 2.93. The molecule has 2 rings (SSSR count). The average Bonchev–Trinajstić information content (AvgIpc) is 2.84. The fourth-order valence-corrected chi connectivity index (χ4v) is 1.83. The molecule has 3 N–H and O–H groups in total. The van der Waals surface area contributed by atoms with Crippen molar-refractivity contribution >= 4 is 11.6 Å². The number of nitrogen functional groups attached to an aromatic ring is 1. The minimum absolute atomic E-state index is 0.140. The highest BCUT2D eigenvalue weighted by molar-refractivity contribution is 5.93. The number of nitriles is 1. The summed E-state index contributed by atoms with van der Waals surface area (Å²) in [6, 6.07) is 10.9. The number of anilines is 1. The predicted molar refractivity (Wildman–Crippen MR) is 72.2 cm³/mol. The summed E-state index contributed by atoms with van der Waals surface area (Å²) >= 11 is 0. The average molecular weight is 254 g/mol. The number of carbonyl (C=O) groups is 1. The van der Waals surface area contributed by atoms with Gasteiger partial charge in [-0.15, -0.1) is 0 Å². The lowest BCUT2D eigenvalue weighted by atomic mass is 10.1. The molecule has 0 unspecified atom stereocenters. The Balaban J connectivity index is 2.10. The molecule has 0 saturated heterocycles. The lowest BCUT2D eigenvalue weighted by Gasteiger charge is -2.16. The van der Waals surface area contributed by atoms with Crippen LogP contribution >= 0.6 is 0 Å². The van der Waals surface area contributed by atoms with E-state index in [0.29, 0.717) is 23.5 Å². The van der Waals surface area contributed by atoms with E-state index in [1.54, 1.807) is 42.4 Å². The zero-order valence-electron chi connectivity index (χ0n) is 10.6. The fraction of sp³-hybridized carbons (Fsp3) is 0.143. The van der Waals surface area contributed by atoms with Gasteiger partial charge in [0.15, 0.2) is 0 Å². The Labute approximate surface area is 111 Å². The van der Waals surface area contributed by atoms with E-state index in [1.165, 1.54) is 0 Å². The molecule has 0 radical (unpaired) electrons. The Kier molecular flexibility index (Phi) is 3.53. The molecule has 0 atom stereocenters. The first-order valence-corrected chi connectivity index (χ1v) is 5.78. The zero-order valence-corrected chi connectivity index (χ0v) is 10.6. The van der Waals surface area contributed by atoms with Gasteiger partial charge in [0.1, 0.15) is 5.69 Å². The van der Waals surface area contributed by atoms with Crippen LogP contribution in [0.3, 0.4) is 0 Å². The highest BCUT2D eigenvalue weighted by Crippen LogP contribution is 2.11. The number of nitrogens with one attached hydrogen (secondary N) is 1. The van der Waals surface area contributed by atoms with Crippen molar-refractivity contribution < 1.29 is 4.79 Å². The van der Waals surface area contributed by atoms with Crippen molar-refractivity contribution in [3.8, 4) is 6.07 Å². The molecule has 0 aliphatic rings. The summed E-state index contributed by atoms with van der Waals surface area (Å²) in [7, 11) is 1.71. The fourth-order valence-electron chi connectivity index (χ4n) is 1.83. The first kappa shape index (κ1) is 12.7. The topological polar surface area (TPSA) is 85.9 Å². The molecule has 1 amide bonds. The van der Waals surface area contributed by atoms with Gasteiger partial charge in [-0.05, 0) is 23.8 Å². The minimum Gasteiger partial charge on any atom is -0.397 e. The quantitative estimate of drug-likeness (QED) is 0.874. The number of hydrogen-bond donors (Lipinski definition) is 2. The van der Waals surface area contributed by atoms with E-state index in [2.05, 4.69) is 11.1 Å². The number of benzene rings is 1. The van der Waals surface area contributed by atoms with Gasteiger partial charge in [-0.1, -0.05) is 12.1 Å². The highest BCUT2D eigenvalue weighted by atomic mass is 16.2. The van der Waals surface area contributed by atoms with E-state index in [9.17, 15) is 4.79 Å². The van der Waals surface area contributed by atoms with Gasteiger partial charge < -0.3 is 15.6 Å². The summed E-state index contributed by atoms with van der Waals surface area (Å²) in [6.45, 7) is 0.438. The lowest BCUT2D eigenvalue weighted by molar-refractivity contribution is 0.0780. The number of aromatic amines is 1. The second-order valence-corrected chi connectivity index (χ2v) is 4.32. The van der Waals surface area contributed by atoms with Crippen molar-refractivity contribution in [3.63, 3.8) is 0 Å². The lowest BCUT2D eigenvalue weighted by Crippen LogP contribution is -2.26. The molecule has 0 aliphatic carbocycles. The monoisotopic (exact) mass is 254 g/mol. The maximum Gasteiger partial charge on any atom is 0.270 e. The number of nitrogens with zero attached hydrogens (tertiary/aromatic N) is 2. The second-order valence-electron chi connectivity index (χ2n) is 4.32. The molecule has 5 heteroatoms. The van der Waals surface area contributed by atoms with Gasteiger partial charge in [-0.3, -0.25) is 4.79 Å². The van der Waals surface area contributed by atoms with Crippen LogP contribution in [0.4, 0.5) is 5.69 Å². The van der Waals surface area contributed by atoms with Crippen LogP contribution in [0.25, 0.3) is 0 Å². The Bertz CT molecular complexity index is 639. The normalized spacial score (nSPS) is 9.89. The van der Waals surface area contributed by atoms with Crippen LogP contribution in [0.1, 0.15) is 21.6 Å². The van der Waals surface area contributed by atoms with Gasteiger partial charge in [-0.25, -0.2) is 0 Å². The summed E-state index contributed by atoms with van der Waals surface area (Å²) in [4.78, 5) is 16.5. The zero-order chi connectivity index (χ0) is 13.8. The number of H-pyrrole nitrogens is 1. The van der Waals surface area contributed by atoms with Crippen molar-refractivity contribution in [1.29, 1.82) is 5.26 Å². The van der Waals surface area contributed by atoms with E-state index in [4.69, 9.17) is 11.0 Å². The first-order valence-electron chi connectivity index (χ1n) is 5.78. The number of aromatic nitrogens is 1. The van der Waals surface area contributed by atoms with Gasteiger partial charge in [0.2, 0.25) is 0 Å². The van der Waals surface area contributed by atoms with Gasteiger partial charge >= 0.3 is 0 Å². The number of amides is 1. The van der Waals surface area contributed by atoms with Crippen molar-refractivity contribution in [2.24, 2.45) is 0 Å². The van der Waals surface area contributed by atoms with Crippen molar-refractivity contribution in [3.05, 3.63) is 53.3 Å². The molecule has 5 nitrogen and oxygen atoms in total. The molecular formula is C14H14N4O. The van der Waals surface area contributed by atoms with Crippen LogP contribution in [-0.2, 0) is 6.54 Å². The van der Waals surface area contributed by atoms with Crippen LogP contribution in [0.2, 0.25) is 0 Å². The summed E-state index contributed by atoms with van der Waals surface area (Å²) in [5.41, 5.74) is 8.05. The van der Waals surface area contributed by atoms with Gasteiger partial charge in [-0.2, -0.15) is 5.26 Å². The number of rotatable bonds is 3. The van der Waals surface area contributed by atoms with E-state index >= 15 is 0 Å². The molecule has 0 saturated carbocycles. The predicted octanol–water partition coefficient (Wildman–Crippen LogP) is 1.74. The molecule has 1 aromatic heterocycles. The second kappa shape index (κ2) is 5.27. The van der Waals surface area contributed by atoms with E-state index in [0.717, 1.165) is 5.56 Å². The van der Waals surface area contributed by atoms with Gasteiger partial charge in [0.25, 0.3) is 5.91 Å². The Hall–Kier alpha value is -2.74. The Morgan fingerprint density at radius 3 is 2.89 bits per heavy atom. The van der Waals surface area contributed by atoms with E-state index in [-0.39, 0.29) is 5.91 Å². The molecule has 0 spiro atoms. The third-order valence-electron chi connectivity index (χ3n) is 2.76. The van der Waals surface area contributed by atoms with Crippen molar-refractivity contribution in [2.75, 3.05) is 12.8 Å². The van der Waals surface area contributed by atoms with Crippen LogP contribution in [0, 0.1) is 11.3 Å².